The highest BCUT2D eigenvalue weighted by atomic mass is 35.5. The monoisotopic (exact) mass is 362 g/mol. The standard InChI is InChI=1S/C18H15ClO4S/c1-2-22-17-10-8-15(19)12-18(17)24(20,21)23-16-9-7-13-5-3-4-6-14(13)11-16/h3-12H,2H2,1H3. The number of hydrogen-bond donors (Lipinski definition) is 0. The molecule has 3 aromatic carbocycles. The Balaban J connectivity index is 1.99. The summed E-state index contributed by atoms with van der Waals surface area (Å²) in [5.74, 6) is 0.443. The molecule has 124 valence electrons. The van der Waals surface area contributed by atoms with Crippen LogP contribution < -0.4 is 8.92 Å². The summed E-state index contributed by atoms with van der Waals surface area (Å²) in [5, 5.41) is 2.18. The normalized spacial score (nSPS) is 11.4. The lowest BCUT2D eigenvalue weighted by atomic mass is 10.1. The van der Waals surface area contributed by atoms with Crippen molar-refractivity contribution in [3.05, 3.63) is 65.7 Å². The van der Waals surface area contributed by atoms with Crippen LogP contribution in [0, 0.1) is 0 Å². The molecule has 0 radical (unpaired) electrons. The van der Waals surface area contributed by atoms with Crippen LogP contribution in [0.4, 0.5) is 0 Å². The molecule has 4 nitrogen and oxygen atoms in total. The first-order chi connectivity index (χ1) is 11.5. The minimum Gasteiger partial charge on any atom is -0.492 e. The third-order valence-corrected chi connectivity index (χ3v) is 4.91. The predicted molar refractivity (Wildman–Crippen MR) is 94.4 cm³/mol. The first-order valence-corrected chi connectivity index (χ1v) is 9.14. The Labute approximate surface area is 145 Å². The number of halogens is 1. The Morgan fingerprint density at radius 1 is 0.958 bits per heavy atom. The van der Waals surface area contributed by atoms with Crippen LogP contribution in [0.3, 0.4) is 0 Å². The summed E-state index contributed by atoms with van der Waals surface area (Å²) in [6.45, 7) is 2.11. The van der Waals surface area contributed by atoms with Crippen LogP contribution >= 0.6 is 11.6 Å². The Morgan fingerprint density at radius 3 is 2.46 bits per heavy atom. The van der Waals surface area contributed by atoms with Crippen LogP contribution in [0.5, 0.6) is 11.5 Å². The van der Waals surface area contributed by atoms with Crippen LogP contribution in [-0.4, -0.2) is 15.0 Å². The predicted octanol–water partition coefficient (Wildman–Crippen LogP) is 4.66. The van der Waals surface area contributed by atoms with Crippen molar-refractivity contribution in [2.75, 3.05) is 6.61 Å². The second-order valence-corrected chi connectivity index (χ2v) is 7.02. The highest BCUT2D eigenvalue weighted by molar-refractivity contribution is 7.87. The molecule has 0 aromatic heterocycles. The molecule has 0 atom stereocenters. The van der Waals surface area contributed by atoms with Gasteiger partial charge in [-0.1, -0.05) is 41.9 Å². The zero-order chi connectivity index (χ0) is 17.2. The second-order valence-electron chi connectivity index (χ2n) is 5.07. The van der Waals surface area contributed by atoms with E-state index in [0.29, 0.717) is 11.6 Å². The van der Waals surface area contributed by atoms with Gasteiger partial charge in [0, 0.05) is 5.02 Å². The fraction of sp³-hybridized carbons (Fsp3) is 0.111. The van der Waals surface area contributed by atoms with E-state index in [4.69, 9.17) is 20.5 Å². The summed E-state index contributed by atoms with van der Waals surface area (Å²) in [7, 11) is -4.07. The quantitative estimate of drug-likeness (QED) is 0.619. The van der Waals surface area contributed by atoms with Crippen molar-refractivity contribution >= 4 is 32.5 Å². The van der Waals surface area contributed by atoms with Crippen molar-refractivity contribution in [3.63, 3.8) is 0 Å². The lowest BCUT2D eigenvalue weighted by Crippen LogP contribution is -2.12. The zero-order valence-corrected chi connectivity index (χ0v) is 14.5. The molecule has 0 bridgehead atoms. The fourth-order valence-electron chi connectivity index (χ4n) is 2.34. The van der Waals surface area contributed by atoms with Crippen molar-refractivity contribution in [2.24, 2.45) is 0 Å². The van der Waals surface area contributed by atoms with Crippen molar-refractivity contribution in [1.29, 1.82) is 0 Å². The van der Waals surface area contributed by atoms with Gasteiger partial charge in [-0.05, 0) is 48.0 Å². The lowest BCUT2D eigenvalue weighted by molar-refractivity contribution is 0.329. The molecule has 0 N–H and O–H groups in total. The molecular formula is C18H15ClO4S. The maximum Gasteiger partial charge on any atom is 0.342 e. The van der Waals surface area contributed by atoms with E-state index >= 15 is 0 Å². The van der Waals surface area contributed by atoms with Gasteiger partial charge in [0.05, 0.1) is 6.61 Å². The first kappa shape index (κ1) is 16.6. The first-order valence-electron chi connectivity index (χ1n) is 7.35. The van der Waals surface area contributed by atoms with Gasteiger partial charge in [0.15, 0.2) is 0 Å². The van der Waals surface area contributed by atoms with Gasteiger partial charge in [-0.2, -0.15) is 8.42 Å². The van der Waals surface area contributed by atoms with Crippen molar-refractivity contribution in [1.82, 2.24) is 0 Å². The summed E-state index contributed by atoms with van der Waals surface area (Å²) >= 11 is 5.93. The molecule has 0 amide bonds. The van der Waals surface area contributed by atoms with E-state index in [1.165, 1.54) is 12.1 Å². The minimum absolute atomic E-state index is 0.0926. The highest BCUT2D eigenvalue weighted by Gasteiger charge is 2.23. The van der Waals surface area contributed by atoms with E-state index in [-0.39, 0.29) is 16.4 Å². The zero-order valence-electron chi connectivity index (χ0n) is 12.9. The Bertz CT molecular complexity index is 983. The van der Waals surface area contributed by atoms with Crippen LogP contribution in [0.15, 0.2) is 65.6 Å². The Kier molecular flexibility index (Phi) is 4.64. The van der Waals surface area contributed by atoms with Gasteiger partial charge >= 0.3 is 10.1 Å². The van der Waals surface area contributed by atoms with E-state index in [9.17, 15) is 8.42 Å². The molecule has 3 aromatic rings. The number of rotatable bonds is 5. The summed E-state index contributed by atoms with van der Waals surface area (Å²) in [6.07, 6.45) is 0. The van der Waals surface area contributed by atoms with Gasteiger partial charge in [0.1, 0.15) is 16.4 Å². The fourth-order valence-corrected chi connectivity index (χ4v) is 3.67. The van der Waals surface area contributed by atoms with Gasteiger partial charge in [0.25, 0.3) is 0 Å². The topological polar surface area (TPSA) is 52.6 Å². The number of hydrogen-bond acceptors (Lipinski definition) is 4. The molecule has 24 heavy (non-hydrogen) atoms. The summed E-state index contributed by atoms with van der Waals surface area (Å²) < 4.78 is 35.9. The van der Waals surface area contributed by atoms with Gasteiger partial charge in [-0.3, -0.25) is 0 Å². The number of fused-ring (bicyclic) bond motifs is 1. The van der Waals surface area contributed by atoms with Crippen molar-refractivity contribution in [3.8, 4) is 11.5 Å². The third-order valence-electron chi connectivity index (χ3n) is 3.40. The van der Waals surface area contributed by atoms with E-state index in [0.717, 1.165) is 10.8 Å². The Morgan fingerprint density at radius 2 is 1.71 bits per heavy atom. The maximum atomic E-state index is 12.6. The highest BCUT2D eigenvalue weighted by Crippen LogP contribution is 2.30. The van der Waals surface area contributed by atoms with Crippen molar-refractivity contribution in [2.45, 2.75) is 11.8 Å². The SMILES string of the molecule is CCOc1ccc(Cl)cc1S(=O)(=O)Oc1ccc2ccccc2c1. The number of ether oxygens (including phenoxy) is 1. The second kappa shape index (κ2) is 6.71. The summed E-state index contributed by atoms with van der Waals surface area (Å²) in [5.41, 5.74) is 0. The van der Waals surface area contributed by atoms with E-state index in [2.05, 4.69) is 0 Å². The molecule has 0 heterocycles. The molecule has 0 aliphatic rings. The van der Waals surface area contributed by atoms with Gasteiger partial charge in [-0.25, -0.2) is 0 Å². The molecule has 0 aliphatic heterocycles. The molecule has 6 heteroatoms. The smallest absolute Gasteiger partial charge is 0.342 e. The lowest BCUT2D eigenvalue weighted by Gasteiger charge is -2.12. The molecule has 0 saturated carbocycles. The van der Waals surface area contributed by atoms with Crippen LogP contribution in [0.25, 0.3) is 10.8 Å². The number of benzene rings is 3. The van der Waals surface area contributed by atoms with Gasteiger partial charge < -0.3 is 8.92 Å². The average molecular weight is 363 g/mol. The summed E-state index contributed by atoms with van der Waals surface area (Å²) in [4.78, 5) is -0.0926. The average Bonchev–Trinajstić information content (AvgIpc) is 2.56. The Hall–Kier alpha value is -2.24. The largest absolute Gasteiger partial charge is 0.492 e. The molecule has 0 spiro atoms. The van der Waals surface area contributed by atoms with Crippen LogP contribution in [0.1, 0.15) is 6.92 Å². The molecule has 0 fully saturated rings. The maximum absolute atomic E-state index is 12.6. The van der Waals surface area contributed by atoms with E-state index in [1.807, 2.05) is 30.3 Å². The molecular weight excluding hydrogens is 348 g/mol. The van der Waals surface area contributed by atoms with Gasteiger partial charge in [-0.15, -0.1) is 0 Å². The molecule has 0 unspecified atom stereocenters. The molecule has 3 rings (SSSR count). The molecule has 0 saturated heterocycles. The van der Waals surface area contributed by atoms with Gasteiger partial charge in [0.2, 0.25) is 0 Å². The minimum atomic E-state index is -4.07. The van der Waals surface area contributed by atoms with Crippen molar-refractivity contribution < 1.29 is 17.3 Å². The third kappa shape index (κ3) is 3.47. The van der Waals surface area contributed by atoms with Crippen LogP contribution in [-0.2, 0) is 10.1 Å². The molecule has 0 aliphatic carbocycles. The van der Waals surface area contributed by atoms with E-state index in [1.54, 1.807) is 25.1 Å². The van der Waals surface area contributed by atoms with E-state index < -0.39 is 10.1 Å². The van der Waals surface area contributed by atoms with Crippen LogP contribution in [0.2, 0.25) is 5.02 Å². The summed E-state index contributed by atoms with van der Waals surface area (Å²) in [6, 6.07) is 17.1.